The summed E-state index contributed by atoms with van der Waals surface area (Å²) in [5.41, 5.74) is 0. The molecule has 0 bridgehead atoms. The average molecular weight is 142 g/mol. The molecule has 1 heterocycles. The Kier molecular flexibility index (Phi) is 2.23. The lowest BCUT2D eigenvalue weighted by Gasteiger charge is -2.25. The van der Waals surface area contributed by atoms with E-state index in [0.717, 1.165) is 18.8 Å². The third-order valence-electron chi connectivity index (χ3n) is 1.38. The standard InChI is InChI=1S/C6H10N2S/c1-6-4-8(5-7)2-3-9-6/h6H,2-4H2,1H3. The molecule has 0 radical (unpaired) electrons. The third kappa shape index (κ3) is 1.79. The fourth-order valence-electron chi connectivity index (χ4n) is 0.909. The number of rotatable bonds is 0. The SMILES string of the molecule is CC1CN(C#N)CCS1. The quantitative estimate of drug-likeness (QED) is 0.470. The number of nitrogens with zero attached hydrogens (tertiary/aromatic N) is 2. The molecule has 50 valence electrons. The number of hydrogen-bond acceptors (Lipinski definition) is 3. The van der Waals surface area contributed by atoms with Crippen molar-refractivity contribution in [3.05, 3.63) is 0 Å². The molecule has 0 N–H and O–H groups in total. The van der Waals surface area contributed by atoms with Gasteiger partial charge in [0, 0.05) is 24.1 Å². The molecule has 0 aromatic heterocycles. The van der Waals surface area contributed by atoms with E-state index in [0.29, 0.717) is 5.25 Å². The van der Waals surface area contributed by atoms with Crippen LogP contribution in [0.4, 0.5) is 0 Å². The summed E-state index contributed by atoms with van der Waals surface area (Å²) >= 11 is 1.94. The van der Waals surface area contributed by atoms with Crippen LogP contribution in [0.1, 0.15) is 6.92 Å². The highest BCUT2D eigenvalue weighted by molar-refractivity contribution is 7.99. The summed E-state index contributed by atoms with van der Waals surface area (Å²) < 4.78 is 0. The number of thioether (sulfide) groups is 1. The second-order valence-corrected chi connectivity index (χ2v) is 3.77. The minimum absolute atomic E-state index is 0.637. The van der Waals surface area contributed by atoms with Gasteiger partial charge in [-0.15, -0.1) is 0 Å². The highest BCUT2D eigenvalue weighted by atomic mass is 32.2. The van der Waals surface area contributed by atoms with Gasteiger partial charge < -0.3 is 4.90 Å². The zero-order valence-electron chi connectivity index (χ0n) is 5.50. The first-order valence-electron chi connectivity index (χ1n) is 3.09. The summed E-state index contributed by atoms with van der Waals surface area (Å²) in [5.74, 6) is 1.11. The van der Waals surface area contributed by atoms with E-state index in [-0.39, 0.29) is 0 Å². The van der Waals surface area contributed by atoms with Gasteiger partial charge in [-0.2, -0.15) is 17.0 Å². The number of hydrogen-bond donors (Lipinski definition) is 0. The van der Waals surface area contributed by atoms with Crippen LogP contribution in [0.15, 0.2) is 0 Å². The van der Waals surface area contributed by atoms with E-state index in [4.69, 9.17) is 5.26 Å². The van der Waals surface area contributed by atoms with E-state index in [1.807, 2.05) is 16.7 Å². The Morgan fingerprint density at radius 1 is 1.78 bits per heavy atom. The fourth-order valence-corrected chi connectivity index (χ4v) is 1.92. The van der Waals surface area contributed by atoms with Crippen molar-refractivity contribution in [1.82, 2.24) is 4.90 Å². The molecule has 1 unspecified atom stereocenters. The first-order valence-corrected chi connectivity index (χ1v) is 4.14. The van der Waals surface area contributed by atoms with Crippen molar-refractivity contribution in [3.8, 4) is 6.19 Å². The monoisotopic (exact) mass is 142 g/mol. The molecule has 1 atom stereocenters. The molecule has 1 aliphatic rings. The van der Waals surface area contributed by atoms with Crippen LogP contribution in [0.5, 0.6) is 0 Å². The molecule has 9 heavy (non-hydrogen) atoms. The molecule has 1 aliphatic heterocycles. The molecule has 0 amide bonds. The van der Waals surface area contributed by atoms with Gasteiger partial charge in [-0.05, 0) is 0 Å². The summed E-state index contributed by atoms with van der Waals surface area (Å²) in [6.45, 7) is 4.03. The Bertz CT molecular complexity index is 130. The van der Waals surface area contributed by atoms with Gasteiger partial charge in [-0.3, -0.25) is 0 Å². The second kappa shape index (κ2) is 2.98. The van der Waals surface area contributed by atoms with E-state index >= 15 is 0 Å². The third-order valence-corrected chi connectivity index (χ3v) is 2.52. The highest BCUT2D eigenvalue weighted by Crippen LogP contribution is 2.16. The van der Waals surface area contributed by atoms with Crippen molar-refractivity contribution in [3.63, 3.8) is 0 Å². The number of nitriles is 1. The van der Waals surface area contributed by atoms with Crippen molar-refractivity contribution < 1.29 is 0 Å². The second-order valence-electron chi connectivity index (χ2n) is 2.23. The van der Waals surface area contributed by atoms with Crippen LogP contribution in [-0.4, -0.2) is 29.0 Å². The summed E-state index contributed by atoms with van der Waals surface area (Å²) in [5, 5.41) is 9.11. The molecule has 0 aliphatic carbocycles. The Hall–Kier alpha value is -0.360. The van der Waals surface area contributed by atoms with Crippen LogP contribution in [0, 0.1) is 11.5 Å². The molecular weight excluding hydrogens is 132 g/mol. The van der Waals surface area contributed by atoms with Crippen LogP contribution in [0.3, 0.4) is 0 Å². The summed E-state index contributed by atoms with van der Waals surface area (Å²) in [4.78, 5) is 1.82. The van der Waals surface area contributed by atoms with Crippen LogP contribution in [0.25, 0.3) is 0 Å². The van der Waals surface area contributed by atoms with Crippen molar-refractivity contribution in [1.29, 1.82) is 5.26 Å². The van der Waals surface area contributed by atoms with Crippen LogP contribution >= 0.6 is 11.8 Å². The molecule has 1 fully saturated rings. The molecule has 0 aromatic carbocycles. The normalized spacial score (nSPS) is 27.6. The van der Waals surface area contributed by atoms with E-state index < -0.39 is 0 Å². The summed E-state index contributed by atoms with van der Waals surface area (Å²) in [6, 6.07) is 0. The van der Waals surface area contributed by atoms with Crippen LogP contribution in [-0.2, 0) is 0 Å². The Morgan fingerprint density at radius 3 is 3.00 bits per heavy atom. The molecule has 0 spiro atoms. The van der Waals surface area contributed by atoms with Crippen LogP contribution < -0.4 is 0 Å². The Labute approximate surface area is 59.8 Å². The minimum atomic E-state index is 0.637. The van der Waals surface area contributed by atoms with Crippen LogP contribution in [0.2, 0.25) is 0 Å². The van der Waals surface area contributed by atoms with Crippen molar-refractivity contribution in [2.24, 2.45) is 0 Å². The smallest absolute Gasteiger partial charge is 0.179 e. The van der Waals surface area contributed by atoms with Gasteiger partial charge in [-0.25, -0.2) is 0 Å². The van der Waals surface area contributed by atoms with E-state index in [2.05, 4.69) is 13.1 Å². The molecule has 2 nitrogen and oxygen atoms in total. The first kappa shape index (κ1) is 6.76. The molecule has 1 saturated heterocycles. The van der Waals surface area contributed by atoms with E-state index in [1.54, 1.807) is 0 Å². The molecule has 3 heteroatoms. The summed E-state index contributed by atoms with van der Waals surface area (Å²) in [7, 11) is 0. The molecule has 0 saturated carbocycles. The van der Waals surface area contributed by atoms with Crippen molar-refractivity contribution in [2.45, 2.75) is 12.2 Å². The minimum Gasteiger partial charge on any atom is -0.309 e. The lowest BCUT2D eigenvalue weighted by atomic mass is 10.4. The van der Waals surface area contributed by atoms with Gasteiger partial charge in [0.2, 0.25) is 0 Å². The fraction of sp³-hybridized carbons (Fsp3) is 0.833. The Balaban J connectivity index is 2.34. The largest absolute Gasteiger partial charge is 0.309 e. The van der Waals surface area contributed by atoms with E-state index in [9.17, 15) is 0 Å². The lowest BCUT2D eigenvalue weighted by molar-refractivity contribution is 0.409. The average Bonchev–Trinajstić information content (AvgIpc) is 1.88. The molecule has 0 aromatic rings. The van der Waals surface area contributed by atoms with Crippen molar-refractivity contribution in [2.75, 3.05) is 18.8 Å². The maximum atomic E-state index is 8.48. The lowest BCUT2D eigenvalue weighted by Crippen LogP contribution is -2.32. The first-order chi connectivity index (χ1) is 4.33. The van der Waals surface area contributed by atoms with Gasteiger partial charge in [0.25, 0.3) is 0 Å². The van der Waals surface area contributed by atoms with E-state index in [1.165, 1.54) is 0 Å². The van der Waals surface area contributed by atoms with Gasteiger partial charge >= 0.3 is 0 Å². The zero-order valence-corrected chi connectivity index (χ0v) is 6.32. The van der Waals surface area contributed by atoms with Gasteiger partial charge in [0.1, 0.15) is 0 Å². The Morgan fingerprint density at radius 2 is 2.56 bits per heavy atom. The predicted molar refractivity (Wildman–Crippen MR) is 39.1 cm³/mol. The highest BCUT2D eigenvalue weighted by Gasteiger charge is 2.13. The van der Waals surface area contributed by atoms with Gasteiger partial charge in [0.05, 0.1) is 0 Å². The van der Waals surface area contributed by atoms with Gasteiger partial charge in [-0.1, -0.05) is 6.92 Å². The predicted octanol–water partition coefficient (Wildman–Crippen LogP) is 0.905. The zero-order chi connectivity index (χ0) is 6.69. The van der Waals surface area contributed by atoms with Crippen molar-refractivity contribution >= 4 is 11.8 Å². The molecule has 1 rings (SSSR count). The maximum absolute atomic E-state index is 8.48. The molecular formula is C6H10N2S. The maximum Gasteiger partial charge on any atom is 0.179 e. The van der Waals surface area contributed by atoms with Gasteiger partial charge in [0.15, 0.2) is 6.19 Å². The topological polar surface area (TPSA) is 27.0 Å². The summed E-state index contributed by atoms with van der Waals surface area (Å²) in [6.07, 6.45) is 2.15.